The third-order valence-electron chi connectivity index (χ3n) is 6.71. The SMILES string of the molecule is CCN(CC)C(=O)c1ccc(C2c3ccc(OC)cc3CCN2S(=O)(=O)c2ccc([N+](=O)[O-])cc2)cc1. The van der Waals surface area contributed by atoms with Gasteiger partial charge in [-0.05, 0) is 73.4 Å². The molecular weight excluding hydrogens is 494 g/mol. The summed E-state index contributed by atoms with van der Waals surface area (Å²) in [5, 5.41) is 11.1. The first-order valence-electron chi connectivity index (χ1n) is 12.0. The van der Waals surface area contributed by atoms with E-state index in [9.17, 15) is 23.3 Å². The van der Waals surface area contributed by atoms with Crippen LogP contribution in [0.3, 0.4) is 0 Å². The molecule has 9 nitrogen and oxygen atoms in total. The van der Waals surface area contributed by atoms with Gasteiger partial charge >= 0.3 is 0 Å². The van der Waals surface area contributed by atoms with Crippen LogP contribution in [0.4, 0.5) is 5.69 Å². The smallest absolute Gasteiger partial charge is 0.269 e. The minimum Gasteiger partial charge on any atom is -0.497 e. The largest absolute Gasteiger partial charge is 0.497 e. The summed E-state index contributed by atoms with van der Waals surface area (Å²) in [6.07, 6.45) is 0.480. The van der Waals surface area contributed by atoms with Gasteiger partial charge < -0.3 is 9.64 Å². The number of hydrogen-bond acceptors (Lipinski definition) is 6. The van der Waals surface area contributed by atoms with Crippen molar-refractivity contribution in [3.63, 3.8) is 0 Å². The van der Waals surface area contributed by atoms with Crippen LogP contribution in [0.1, 0.15) is 46.9 Å². The number of fused-ring (bicyclic) bond motifs is 1. The van der Waals surface area contributed by atoms with E-state index >= 15 is 0 Å². The Morgan fingerprint density at radius 3 is 2.27 bits per heavy atom. The van der Waals surface area contributed by atoms with Crippen LogP contribution in [0.15, 0.2) is 71.6 Å². The predicted molar refractivity (Wildman–Crippen MR) is 139 cm³/mol. The molecule has 0 spiro atoms. The number of rotatable bonds is 8. The van der Waals surface area contributed by atoms with Crippen molar-refractivity contribution in [3.8, 4) is 5.75 Å². The molecule has 3 aromatic carbocycles. The van der Waals surface area contributed by atoms with Crippen molar-refractivity contribution in [2.45, 2.75) is 31.2 Å². The lowest BCUT2D eigenvalue weighted by Crippen LogP contribution is -2.40. The van der Waals surface area contributed by atoms with Crippen molar-refractivity contribution < 1.29 is 22.9 Å². The van der Waals surface area contributed by atoms with Gasteiger partial charge in [0.15, 0.2) is 0 Å². The summed E-state index contributed by atoms with van der Waals surface area (Å²) in [4.78, 5) is 25.0. The molecule has 194 valence electrons. The van der Waals surface area contributed by atoms with E-state index in [1.807, 2.05) is 26.0 Å². The highest BCUT2D eigenvalue weighted by atomic mass is 32.2. The topological polar surface area (TPSA) is 110 Å². The van der Waals surface area contributed by atoms with Crippen LogP contribution in [0.2, 0.25) is 0 Å². The molecule has 1 atom stereocenters. The number of sulfonamides is 1. The first kappa shape index (κ1) is 26.3. The van der Waals surface area contributed by atoms with Gasteiger partial charge in [-0.3, -0.25) is 14.9 Å². The minimum absolute atomic E-state index is 0.0200. The average Bonchev–Trinajstić information content (AvgIpc) is 2.92. The zero-order chi connectivity index (χ0) is 26.7. The summed E-state index contributed by atoms with van der Waals surface area (Å²) in [5.41, 5.74) is 2.86. The molecule has 4 rings (SSSR count). The van der Waals surface area contributed by atoms with E-state index in [-0.39, 0.29) is 23.0 Å². The Morgan fingerprint density at radius 2 is 1.70 bits per heavy atom. The molecule has 1 heterocycles. The molecule has 1 aliphatic rings. The second-order valence-corrected chi connectivity index (χ2v) is 10.6. The maximum Gasteiger partial charge on any atom is 0.269 e. The first-order valence-corrected chi connectivity index (χ1v) is 13.5. The van der Waals surface area contributed by atoms with Gasteiger partial charge in [0.05, 0.1) is 23.0 Å². The van der Waals surface area contributed by atoms with Gasteiger partial charge in [-0.15, -0.1) is 0 Å². The average molecular weight is 524 g/mol. The molecule has 10 heteroatoms. The van der Waals surface area contributed by atoms with Crippen molar-refractivity contribution in [1.29, 1.82) is 0 Å². The van der Waals surface area contributed by atoms with Gasteiger partial charge in [-0.1, -0.05) is 18.2 Å². The standard InChI is InChI=1S/C27H29N3O6S/c1-4-28(5-2)27(31)20-8-6-19(7-9-20)26-25-15-12-23(36-3)18-21(25)16-17-29(26)37(34,35)24-13-10-22(11-14-24)30(32)33/h6-15,18,26H,4-5,16-17H2,1-3H3. The fourth-order valence-corrected chi connectivity index (χ4v) is 6.28. The van der Waals surface area contributed by atoms with Crippen LogP contribution in [-0.2, 0) is 16.4 Å². The van der Waals surface area contributed by atoms with Crippen LogP contribution in [0.5, 0.6) is 5.75 Å². The molecule has 0 aromatic heterocycles. The Kier molecular flexibility index (Phi) is 7.60. The minimum atomic E-state index is -4.00. The third kappa shape index (κ3) is 5.07. The van der Waals surface area contributed by atoms with Gasteiger partial charge in [-0.2, -0.15) is 4.31 Å². The highest BCUT2D eigenvalue weighted by molar-refractivity contribution is 7.89. The van der Waals surface area contributed by atoms with Gasteiger partial charge in [0.25, 0.3) is 11.6 Å². The number of ether oxygens (including phenoxy) is 1. The van der Waals surface area contributed by atoms with Crippen LogP contribution < -0.4 is 4.74 Å². The second-order valence-electron chi connectivity index (χ2n) is 8.68. The summed E-state index contributed by atoms with van der Waals surface area (Å²) in [6.45, 7) is 5.24. The van der Waals surface area contributed by atoms with Crippen molar-refractivity contribution >= 4 is 21.6 Å². The van der Waals surface area contributed by atoms with Crippen LogP contribution in [0.25, 0.3) is 0 Å². The zero-order valence-electron chi connectivity index (χ0n) is 21.0. The van der Waals surface area contributed by atoms with Crippen LogP contribution >= 0.6 is 0 Å². The predicted octanol–water partition coefficient (Wildman–Crippen LogP) is 4.42. The van der Waals surface area contributed by atoms with Crippen molar-refractivity contribution in [3.05, 3.63) is 99.1 Å². The first-order chi connectivity index (χ1) is 17.7. The molecule has 0 aliphatic carbocycles. The van der Waals surface area contributed by atoms with E-state index in [0.29, 0.717) is 36.4 Å². The quantitative estimate of drug-likeness (QED) is 0.319. The molecular formula is C27H29N3O6S. The molecule has 0 saturated heterocycles. The van der Waals surface area contributed by atoms with Crippen molar-refractivity contribution in [1.82, 2.24) is 9.21 Å². The van der Waals surface area contributed by atoms with Gasteiger partial charge in [0.2, 0.25) is 10.0 Å². The zero-order valence-corrected chi connectivity index (χ0v) is 21.8. The van der Waals surface area contributed by atoms with E-state index in [0.717, 1.165) is 11.1 Å². The number of non-ortho nitro benzene ring substituents is 1. The van der Waals surface area contributed by atoms with Gasteiger partial charge in [-0.25, -0.2) is 8.42 Å². The monoisotopic (exact) mass is 523 g/mol. The lowest BCUT2D eigenvalue weighted by Gasteiger charge is -2.37. The fraction of sp³-hybridized carbons (Fsp3) is 0.296. The molecule has 0 saturated carbocycles. The molecule has 37 heavy (non-hydrogen) atoms. The molecule has 1 amide bonds. The number of nitrogens with zero attached hydrogens (tertiary/aromatic N) is 3. The normalized spacial score (nSPS) is 15.6. The summed E-state index contributed by atoms with van der Waals surface area (Å²) in [7, 11) is -2.42. The van der Waals surface area contributed by atoms with Gasteiger partial charge in [0.1, 0.15) is 5.75 Å². The Labute approximate surface area is 216 Å². The number of amides is 1. The summed E-state index contributed by atoms with van der Waals surface area (Å²) < 4.78 is 34.4. The van der Waals surface area contributed by atoms with Crippen LogP contribution in [-0.4, -0.2) is 55.2 Å². The number of carbonyl (C=O) groups excluding carboxylic acids is 1. The van der Waals surface area contributed by atoms with Crippen molar-refractivity contribution in [2.75, 3.05) is 26.7 Å². The molecule has 0 fully saturated rings. The lowest BCUT2D eigenvalue weighted by molar-refractivity contribution is -0.384. The van der Waals surface area contributed by atoms with Crippen molar-refractivity contribution in [2.24, 2.45) is 0 Å². The highest BCUT2D eigenvalue weighted by Gasteiger charge is 2.38. The number of benzene rings is 3. The lowest BCUT2D eigenvalue weighted by atomic mass is 9.89. The van der Waals surface area contributed by atoms with Crippen LogP contribution in [0, 0.1) is 10.1 Å². The Balaban J connectivity index is 1.78. The van der Waals surface area contributed by atoms with E-state index in [1.165, 1.54) is 28.6 Å². The van der Waals surface area contributed by atoms with E-state index in [1.54, 1.807) is 42.3 Å². The summed E-state index contributed by atoms with van der Waals surface area (Å²) >= 11 is 0. The Morgan fingerprint density at radius 1 is 1.05 bits per heavy atom. The third-order valence-corrected chi connectivity index (χ3v) is 8.59. The maximum atomic E-state index is 13.8. The molecule has 0 N–H and O–H groups in total. The molecule has 1 unspecified atom stereocenters. The number of nitro groups is 1. The molecule has 1 aliphatic heterocycles. The Bertz CT molecular complexity index is 1400. The molecule has 3 aromatic rings. The summed E-state index contributed by atoms with van der Waals surface area (Å²) in [6, 6.07) is 16.9. The summed E-state index contributed by atoms with van der Waals surface area (Å²) in [5.74, 6) is 0.602. The van der Waals surface area contributed by atoms with E-state index in [4.69, 9.17) is 4.74 Å². The molecule has 0 bridgehead atoms. The number of carbonyl (C=O) groups is 1. The van der Waals surface area contributed by atoms with E-state index < -0.39 is 21.0 Å². The van der Waals surface area contributed by atoms with Gasteiger partial charge in [0, 0.05) is 37.3 Å². The van der Waals surface area contributed by atoms with E-state index in [2.05, 4.69) is 0 Å². The fourth-order valence-electron chi connectivity index (χ4n) is 4.69. The molecule has 0 radical (unpaired) electrons. The second kappa shape index (κ2) is 10.7. The number of hydrogen-bond donors (Lipinski definition) is 0. The number of nitro benzene ring substituents is 1. The highest BCUT2D eigenvalue weighted by Crippen LogP contribution is 2.40. The maximum absolute atomic E-state index is 13.8. The Hall–Kier alpha value is -3.76. The number of methoxy groups -OCH3 is 1.